The van der Waals surface area contributed by atoms with Gasteiger partial charge in [0.2, 0.25) is 0 Å². The molecule has 7 nitrogen and oxygen atoms in total. The zero-order valence-electron chi connectivity index (χ0n) is 16.5. The molecule has 3 aromatic rings. The zero-order valence-corrected chi connectivity index (χ0v) is 16.5. The summed E-state index contributed by atoms with van der Waals surface area (Å²) < 4.78 is 0. The van der Waals surface area contributed by atoms with Crippen molar-refractivity contribution in [2.75, 3.05) is 17.3 Å². The molecule has 0 bridgehead atoms. The molecule has 1 aromatic carbocycles. The van der Waals surface area contributed by atoms with Gasteiger partial charge in [-0.25, -0.2) is 15.2 Å². The number of benzene rings is 1. The van der Waals surface area contributed by atoms with Crippen LogP contribution >= 0.6 is 0 Å². The number of carbonyl (C=O) groups is 1. The van der Waals surface area contributed by atoms with E-state index in [1.165, 1.54) is 30.6 Å². The molecule has 1 saturated carbocycles. The van der Waals surface area contributed by atoms with Crippen molar-refractivity contribution in [3.05, 3.63) is 54.2 Å². The van der Waals surface area contributed by atoms with Gasteiger partial charge in [0.1, 0.15) is 5.82 Å². The summed E-state index contributed by atoms with van der Waals surface area (Å²) in [5.41, 5.74) is 10.7. The summed E-state index contributed by atoms with van der Waals surface area (Å²) >= 11 is 0. The fraction of sp³-hybridized carbons (Fsp3) is 0.364. The van der Waals surface area contributed by atoms with Crippen LogP contribution < -0.4 is 21.1 Å². The van der Waals surface area contributed by atoms with Gasteiger partial charge in [-0.15, -0.1) is 0 Å². The number of hydrogen-bond donors (Lipinski definition) is 4. The molecule has 3 heterocycles. The highest BCUT2D eigenvalue weighted by molar-refractivity contribution is 6.01. The third-order valence-electron chi connectivity index (χ3n) is 6.16. The van der Waals surface area contributed by atoms with Crippen LogP contribution in [0.15, 0.2) is 48.5 Å². The molecule has 150 valence electrons. The van der Waals surface area contributed by atoms with Crippen LogP contribution in [0.2, 0.25) is 0 Å². The Bertz CT molecular complexity index is 1020. The second-order valence-corrected chi connectivity index (χ2v) is 8.00. The monoisotopic (exact) mass is 390 g/mol. The van der Waals surface area contributed by atoms with Gasteiger partial charge in [0, 0.05) is 24.5 Å². The lowest BCUT2D eigenvalue weighted by molar-refractivity contribution is 0.258. The lowest BCUT2D eigenvalue weighted by Crippen LogP contribution is -2.33. The van der Waals surface area contributed by atoms with Gasteiger partial charge >= 0.3 is 6.03 Å². The Morgan fingerprint density at radius 2 is 1.93 bits per heavy atom. The molecule has 2 amide bonds. The number of fused-ring (bicyclic) bond motifs is 2. The number of carbonyl (C=O) groups excluding carboxylic acids is 1. The Balaban J connectivity index is 1.36. The average Bonchev–Trinajstić information content (AvgIpc) is 3.37. The molecule has 0 radical (unpaired) electrons. The number of amides is 2. The molecule has 29 heavy (non-hydrogen) atoms. The third-order valence-corrected chi connectivity index (χ3v) is 6.16. The molecule has 2 fully saturated rings. The third kappa shape index (κ3) is 3.47. The first-order chi connectivity index (χ1) is 14.2. The van der Waals surface area contributed by atoms with Gasteiger partial charge in [0.15, 0.2) is 0 Å². The molecule has 4 N–H and O–H groups in total. The smallest absolute Gasteiger partial charge is 0.327 e. The van der Waals surface area contributed by atoms with Crippen LogP contribution in [-0.4, -0.2) is 29.1 Å². The van der Waals surface area contributed by atoms with Gasteiger partial charge in [-0.3, -0.25) is 10.3 Å². The highest BCUT2D eigenvalue weighted by atomic mass is 16.2. The van der Waals surface area contributed by atoms with Crippen molar-refractivity contribution in [2.45, 2.75) is 37.8 Å². The molecule has 3 atom stereocenters. The summed E-state index contributed by atoms with van der Waals surface area (Å²) in [4.78, 5) is 22.3. The second kappa shape index (κ2) is 7.50. The molecule has 2 aliphatic rings. The number of H-pyrrole nitrogens is 1. The largest absolute Gasteiger partial charge is 0.356 e. The van der Waals surface area contributed by atoms with Crippen LogP contribution in [0.5, 0.6) is 0 Å². The number of pyridine rings is 1. The zero-order chi connectivity index (χ0) is 19.8. The molecule has 3 unspecified atom stereocenters. The summed E-state index contributed by atoms with van der Waals surface area (Å²) in [7, 11) is 1.73. The number of anilines is 2. The Labute approximate surface area is 169 Å². The molecule has 5 rings (SSSR count). The van der Waals surface area contributed by atoms with E-state index in [9.17, 15) is 4.79 Å². The second-order valence-electron chi connectivity index (χ2n) is 8.00. The average molecular weight is 390 g/mol. The first kappa shape index (κ1) is 18.1. The van der Waals surface area contributed by atoms with Crippen molar-refractivity contribution in [2.24, 2.45) is 5.92 Å². The minimum absolute atomic E-state index is 0.217. The van der Waals surface area contributed by atoms with Crippen LogP contribution in [0, 0.1) is 5.92 Å². The van der Waals surface area contributed by atoms with Crippen molar-refractivity contribution in [3.8, 4) is 0 Å². The number of aromatic amines is 1. The summed E-state index contributed by atoms with van der Waals surface area (Å²) in [6.07, 6.45) is 5.08. The molecule has 0 spiro atoms. The van der Waals surface area contributed by atoms with Gasteiger partial charge in [-0.2, -0.15) is 0 Å². The summed E-state index contributed by atoms with van der Waals surface area (Å²) in [5, 5.41) is 2.89. The number of rotatable bonds is 3. The fourth-order valence-corrected chi connectivity index (χ4v) is 4.56. The number of nitrogens with one attached hydrogen (secondary N) is 4. The summed E-state index contributed by atoms with van der Waals surface area (Å²) in [6.45, 7) is 0. The SMILES string of the molecule is CN(C(=O)Nc1ccccc1)c1ccc2[nH]c(C3NNC4CCCCC43)cc2n1. The van der Waals surface area contributed by atoms with E-state index in [4.69, 9.17) is 4.98 Å². The van der Waals surface area contributed by atoms with E-state index >= 15 is 0 Å². The quantitative estimate of drug-likeness (QED) is 0.546. The van der Waals surface area contributed by atoms with Gasteiger partial charge in [0.05, 0.1) is 17.1 Å². The van der Waals surface area contributed by atoms with E-state index in [0.717, 1.165) is 22.4 Å². The van der Waals surface area contributed by atoms with Crippen LogP contribution in [-0.2, 0) is 0 Å². The predicted octanol–water partition coefficient (Wildman–Crippen LogP) is 3.94. The van der Waals surface area contributed by atoms with E-state index in [1.807, 2.05) is 42.5 Å². The Morgan fingerprint density at radius 3 is 2.79 bits per heavy atom. The molecule has 2 aromatic heterocycles. The van der Waals surface area contributed by atoms with Crippen LogP contribution in [0.25, 0.3) is 11.0 Å². The molecule has 1 aliphatic heterocycles. The Morgan fingerprint density at radius 1 is 1.10 bits per heavy atom. The number of urea groups is 1. The van der Waals surface area contributed by atoms with Crippen molar-refractivity contribution < 1.29 is 4.79 Å². The molecule has 1 aliphatic carbocycles. The van der Waals surface area contributed by atoms with Crippen LogP contribution in [0.1, 0.15) is 37.4 Å². The number of para-hydroxylation sites is 1. The lowest BCUT2D eigenvalue weighted by Gasteiger charge is -2.26. The lowest BCUT2D eigenvalue weighted by atomic mass is 9.81. The van der Waals surface area contributed by atoms with Crippen molar-refractivity contribution >= 4 is 28.6 Å². The Kier molecular flexibility index (Phi) is 4.69. The van der Waals surface area contributed by atoms with E-state index in [2.05, 4.69) is 27.2 Å². The van der Waals surface area contributed by atoms with Crippen LogP contribution in [0.3, 0.4) is 0 Å². The van der Waals surface area contributed by atoms with Crippen molar-refractivity contribution in [1.29, 1.82) is 0 Å². The van der Waals surface area contributed by atoms with Gasteiger partial charge in [-0.1, -0.05) is 31.0 Å². The highest BCUT2D eigenvalue weighted by Crippen LogP contribution is 2.38. The highest BCUT2D eigenvalue weighted by Gasteiger charge is 2.38. The summed E-state index contributed by atoms with van der Waals surface area (Å²) in [5.74, 6) is 1.22. The number of aromatic nitrogens is 2. The first-order valence-corrected chi connectivity index (χ1v) is 10.3. The van der Waals surface area contributed by atoms with Gasteiger partial charge in [0.25, 0.3) is 0 Å². The number of hydrogen-bond acceptors (Lipinski definition) is 4. The van der Waals surface area contributed by atoms with Crippen molar-refractivity contribution in [3.63, 3.8) is 0 Å². The summed E-state index contributed by atoms with van der Waals surface area (Å²) in [6, 6.07) is 16.0. The number of hydrazine groups is 1. The minimum Gasteiger partial charge on any atom is -0.356 e. The predicted molar refractivity (Wildman–Crippen MR) is 115 cm³/mol. The normalized spacial score (nSPS) is 23.7. The van der Waals surface area contributed by atoms with Crippen molar-refractivity contribution in [1.82, 2.24) is 20.8 Å². The van der Waals surface area contributed by atoms with E-state index < -0.39 is 0 Å². The molecular formula is C22H26N6O. The maximum absolute atomic E-state index is 12.6. The maximum Gasteiger partial charge on any atom is 0.327 e. The van der Waals surface area contributed by atoms with E-state index in [-0.39, 0.29) is 12.1 Å². The molecular weight excluding hydrogens is 364 g/mol. The van der Waals surface area contributed by atoms with Crippen LogP contribution in [0.4, 0.5) is 16.3 Å². The molecule has 1 saturated heterocycles. The minimum atomic E-state index is -0.217. The standard InChI is InChI=1S/C22H26N6O/c1-28(22(29)23-14-7-3-2-4-8-14)20-12-11-17-18(25-20)13-19(24-17)21-15-9-5-6-10-16(15)26-27-21/h2-4,7-8,11-13,15-16,21,24,26-27H,5-6,9-10H2,1H3,(H,23,29). The molecule has 7 heteroatoms. The Hall–Kier alpha value is -2.90. The first-order valence-electron chi connectivity index (χ1n) is 10.3. The fourth-order valence-electron chi connectivity index (χ4n) is 4.56. The van der Waals surface area contributed by atoms with E-state index in [1.54, 1.807) is 7.05 Å². The van der Waals surface area contributed by atoms with Gasteiger partial charge in [-0.05, 0) is 49.1 Å². The topological polar surface area (TPSA) is 85.1 Å². The number of nitrogens with zero attached hydrogens (tertiary/aromatic N) is 2. The maximum atomic E-state index is 12.6. The van der Waals surface area contributed by atoms with E-state index in [0.29, 0.717) is 17.8 Å². The van der Waals surface area contributed by atoms with Gasteiger partial charge < -0.3 is 10.3 Å².